The van der Waals surface area contributed by atoms with Gasteiger partial charge in [-0.3, -0.25) is 0 Å². The van der Waals surface area contributed by atoms with E-state index in [2.05, 4.69) is 33.9 Å². The Balaban J connectivity index is 3.12. The molecule has 0 atom stereocenters. The van der Waals surface area contributed by atoms with E-state index in [4.69, 9.17) is 68.1 Å². The van der Waals surface area contributed by atoms with Crippen molar-refractivity contribution in [1.29, 1.82) is 0 Å². The lowest BCUT2D eigenvalue weighted by Crippen LogP contribution is -2.41. The number of alkyl halides is 1. The molecule has 0 aromatic rings. The third-order valence-electron chi connectivity index (χ3n) is 6.44. The van der Waals surface area contributed by atoms with Gasteiger partial charge in [-0.15, -0.1) is 11.6 Å². The van der Waals surface area contributed by atoms with E-state index < -0.39 is 8.32 Å². The van der Waals surface area contributed by atoms with Crippen molar-refractivity contribution in [3.05, 3.63) is 0 Å². The van der Waals surface area contributed by atoms with Crippen molar-refractivity contribution in [2.24, 2.45) is 0 Å². The summed E-state index contributed by atoms with van der Waals surface area (Å²) in [6.07, 6.45) is 0. The van der Waals surface area contributed by atoms with Crippen molar-refractivity contribution in [3.8, 4) is 0 Å². The van der Waals surface area contributed by atoms with Gasteiger partial charge in [-0.05, 0) is 18.1 Å². The van der Waals surface area contributed by atoms with Gasteiger partial charge in [0, 0.05) is 5.88 Å². The fraction of sp³-hybridized carbons (Fsp3) is 1.00. The summed E-state index contributed by atoms with van der Waals surface area (Å²) in [7, 11) is -1.70. The van der Waals surface area contributed by atoms with Gasteiger partial charge in [0.15, 0.2) is 8.32 Å². The number of hydrogen-bond donors (Lipinski definition) is 0. The van der Waals surface area contributed by atoms with E-state index >= 15 is 0 Å². The van der Waals surface area contributed by atoms with Gasteiger partial charge in [0.2, 0.25) is 0 Å². The Kier molecular flexibility index (Phi) is 33.0. The van der Waals surface area contributed by atoms with E-state index in [-0.39, 0.29) is 5.04 Å². The summed E-state index contributed by atoms with van der Waals surface area (Å²) in [5.74, 6) is 0.499. The number of halogens is 1. The maximum absolute atomic E-state index is 6.08. The van der Waals surface area contributed by atoms with Gasteiger partial charge in [0.1, 0.15) is 0 Å². The number of hydrogen-bond acceptors (Lipinski definition) is 12. The summed E-state index contributed by atoms with van der Waals surface area (Å²) in [6.45, 7) is 23.5. The summed E-state index contributed by atoms with van der Waals surface area (Å²) in [6, 6.07) is 0. The molecule has 0 rings (SSSR count). The standard InChI is InChI=1S/C30H63ClO12Si/c1-30(2,3)44(4,5)43-29-28-42-27-26-41-25-24-40-23-22-39-21-20-38-19-18-37-17-16-36-15-14-35-13-12-34-11-10-33-9-8-32-7-6-31/h6-29H2,1-5H3. The molecule has 0 spiro atoms. The zero-order valence-corrected chi connectivity index (χ0v) is 30.0. The molecule has 0 bridgehead atoms. The van der Waals surface area contributed by atoms with Gasteiger partial charge in [-0.2, -0.15) is 0 Å². The summed E-state index contributed by atoms with van der Waals surface area (Å²) < 4.78 is 66.0. The van der Waals surface area contributed by atoms with Crippen LogP contribution in [0.25, 0.3) is 0 Å². The van der Waals surface area contributed by atoms with Crippen molar-refractivity contribution >= 4 is 19.9 Å². The van der Waals surface area contributed by atoms with E-state index in [9.17, 15) is 0 Å². The third-order valence-corrected chi connectivity index (χ3v) is 11.1. The highest BCUT2D eigenvalue weighted by atomic mass is 35.5. The third kappa shape index (κ3) is 32.0. The van der Waals surface area contributed by atoms with Crippen LogP contribution in [0.15, 0.2) is 0 Å². The van der Waals surface area contributed by atoms with Gasteiger partial charge in [0.05, 0.1) is 152 Å². The SMILES string of the molecule is CC(C)(C)[Si](C)(C)OCCOCCOCCOCCOCCOCCOCCOCCOCCOCCOCCOCCCl. The zero-order chi connectivity index (χ0) is 32.5. The first-order valence-electron chi connectivity index (χ1n) is 15.9. The second kappa shape index (κ2) is 32.9. The highest BCUT2D eigenvalue weighted by molar-refractivity contribution is 6.74. The molecule has 0 amide bonds. The molecule has 0 aliphatic heterocycles. The first kappa shape index (κ1) is 44.0. The second-order valence-corrected chi connectivity index (χ2v) is 16.2. The predicted octanol–water partition coefficient (Wildman–Crippen LogP) is 3.43. The van der Waals surface area contributed by atoms with Crippen molar-refractivity contribution in [2.45, 2.75) is 38.9 Å². The Hall–Kier alpha value is 0.0269. The fourth-order valence-corrected chi connectivity index (χ4v) is 4.06. The van der Waals surface area contributed by atoms with E-state index in [1.54, 1.807) is 0 Å². The van der Waals surface area contributed by atoms with Gasteiger partial charge in [-0.1, -0.05) is 20.8 Å². The van der Waals surface area contributed by atoms with E-state index in [1.807, 2.05) is 0 Å². The lowest BCUT2D eigenvalue weighted by atomic mass is 10.2. The molecule has 0 aliphatic carbocycles. The summed E-state index contributed by atoms with van der Waals surface area (Å²) in [5, 5.41) is 0.218. The molecular formula is C30H63ClO12Si. The van der Waals surface area contributed by atoms with Crippen molar-refractivity contribution < 1.29 is 56.5 Å². The summed E-state index contributed by atoms with van der Waals surface area (Å²) in [4.78, 5) is 0. The minimum absolute atomic E-state index is 0.218. The van der Waals surface area contributed by atoms with Crippen molar-refractivity contribution in [3.63, 3.8) is 0 Å². The first-order valence-corrected chi connectivity index (χ1v) is 19.3. The Morgan fingerprint density at radius 3 is 0.705 bits per heavy atom. The topological polar surface area (TPSA) is 111 Å². The highest BCUT2D eigenvalue weighted by Crippen LogP contribution is 2.36. The predicted molar refractivity (Wildman–Crippen MR) is 173 cm³/mol. The normalized spacial score (nSPS) is 12.4. The summed E-state index contributed by atoms with van der Waals surface area (Å²) in [5.41, 5.74) is 0. The molecule has 12 nitrogen and oxygen atoms in total. The molecule has 0 unspecified atom stereocenters. The molecule has 0 heterocycles. The molecule has 0 N–H and O–H groups in total. The molecular weight excluding hydrogens is 616 g/mol. The van der Waals surface area contributed by atoms with Gasteiger partial charge < -0.3 is 56.5 Å². The molecule has 0 fully saturated rings. The van der Waals surface area contributed by atoms with Crippen LogP contribution in [0.3, 0.4) is 0 Å². The van der Waals surface area contributed by atoms with Crippen LogP contribution in [0, 0.1) is 0 Å². The van der Waals surface area contributed by atoms with Crippen molar-refractivity contribution in [1.82, 2.24) is 0 Å². The quantitative estimate of drug-likeness (QED) is 0.0550. The first-order chi connectivity index (χ1) is 21.3. The van der Waals surface area contributed by atoms with Crippen LogP contribution in [0.2, 0.25) is 18.1 Å². The average molecular weight is 679 g/mol. The van der Waals surface area contributed by atoms with Gasteiger partial charge in [-0.25, -0.2) is 0 Å². The monoisotopic (exact) mass is 678 g/mol. The van der Waals surface area contributed by atoms with Crippen LogP contribution < -0.4 is 0 Å². The van der Waals surface area contributed by atoms with Gasteiger partial charge >= 0.3 is 0 Å². The van der Waals surface area contributed by atoms with E-state index in [1.165, 1.54) is 0 Å². The average Bonchev–Trinajstić information content (AvgIpc) is 2.98. The Labute approximate surface area is 272 Å². The molecule has 0 saturated heterocycles. The summed E-state index contributed by atoms with van der Waals surface area (Å²) >= 11 is 5.51. The van der Waals surface area contributed by atoms with Crippen LogP contribution in [0.4, 0.5) is 0 Å². The lowest BCUT2D eigenvalue weighted by molar-refractivity contribution is -0.0276. The molecule has 44 heavy (non-hydrogen) atoms. The Bertz CT molecular complexity index is 573. The molecule has 14 heteroatoms. The van der Waals surface area contributed by atoms with Crippen molar-refractivity contribution in [2.75, 3.05) is 158 Å². The maximum Gasteiger partial charge on any atom is 0.192 e. The molecule has 266 valence electrons. The van der Waals surface area contributed by atoms with Crippen LogP contribution in [0.5, 0.6) is 0 Å². The van der Waals surface area contributed by atoms with Crippen LogP contribution >= 0.6 is 11.6 Å². The smallest absolute Gasteiger partial charge is 0.192 e. The molecule has 0 aliphatic rings. The van der Waals surface area contributed by atoms with E-state index in [0.717, 1.165) is 0 Å². The minimum Gasteiger partial charge on any atom is -0.414 e. The maximum atomic E-state index is 6.08. The highest BCUT2D eigenvalue weighted by Gasteiger charge is 2.36. The van der Waals surface area contributed by atoms with Crippen LogP contribution in [0.1, 0.15) is 20.8 Å². The number of ether oxygens (including phenoxy) is 11. The van der Waals surface area contributed by atoms with Crippen LogP contribution in [-0.2, 0) is 56.5 Å². The van der Waals surface area contributed by atoms with E-state index in [0.29, 0.717) is 158 Å². The van der Waals surface area contributed by atoms with Crippen LogP contribution in [-0.4, -0.2) is 166 Å². The number of rotatable bonds is 36. The Morgan fingerprint density at radius 2 is 0.523 bits per heavy atom. The molecule has 0 saturated carbocycles. The Morgan fingerprint density at radius 1 is 0.341 bits per heavy atom. The molecule has 0 radical (unpaired) electrons. The largest absolute Gasteiger partial charge is 0.414 e. The molecule has 0 aromatic heterocycles. The fourth-order valence-electron chi connectivity index (χ4n) is 2.93. The molecule has 0 aromatic carbocycles. The minimum atomic E-state index is -1.70. The second-order valence-electron chi connectivity index (χ2n) is 11.0. The zero-order valence-electron chi connectivity index (χ0n) is 28.2. The van der Waals surface area contributed by atoms with Gasteiger partial charge in [0.25, 0.3) is 0 Å². The lowest BCUT2D eigenvalue weighted by Gasteiger charge is -2.36.